The van der Waals surface area contributed by atoms with Crippen LogP contribution in [0.25, 0.3) is 0 Å². The predicted molar refractivity (Wildman–Crippen MR) is 95.4 cm³/mol. The molecular weight excluding hydrogens is 340 g/mol. The van der Waals surface area contributed by atoms with Gasteiger partial charge in [-0.2, -0.15) is 0 Å². The number of ether oxygens (including phenoxy) is 2. The van der Waals surface area contributed by atoms with Crippen LogP contribution >= 0.6 is 11.8 Å². The van der Waals surface area contributed by atoms with Gasteiger partial charge >= 0.3 is 0 Å². The fourth-order valence-electron chi connectivity index (χ4n) is 2.73. The first kappa shape index (κ1) is 15.8. The molecule has 128 valence electrons. The summed E-state index contributed by atoms with van der Waals surface area (Å²) in [4.78, 5) is 25.5. The lowest BCUT2D eigenvalue weighted by Crippen LogP contribution is -2.32. The van der Waals surface area contributed by atoms with Crippen LogP contribution in [0.1, 0.15) is 6.42 Å². The number of carbonyl (C=O) groups excluding carboxylic acids is 2. The Morgan fingerprint density at radius 2 is 1.96 bits per heavy atom. The number of rotatable bonds is 3. The molecule has 2 aromatic carbocycles. The third-order valence-electron chi connectivity index (χ3n) is 3.90. The van der Waals surface area contributed by atoms with Crippen molar-refractivity contribution < 1.29 is 19.1 Å². The van der Waals surface area contributed by atoms with Gasteiger partial charge in [-0.1, -0.05) is 12.1 Å². The summed E-state index contributed by atoms with van der Waals surface area (Å²) in [5, 5.41) is 5.21. The minimum Gasteiger partial charge on any atom is -0.486 e. The van der Waals surface area contributed by atoms with Crippen molar-refractivity contribution in [2.75, 3.05) is 23.8 Å². The molecule has 0 radical (unpaired) electrons. The van der Waals surface area contributed by atoms with E-state index in [9.17, 15) is 9.59 Å². The number of nitrogens with one attached hydrogen (secondary N) is 2. The Balaban J connectivity index is 1.42. The number of benzene rings is 2. The minimum absolute atomic E-state index is 0.0965. The number of anilines is 2. The first-order valence-corrected chi connectivity index (χ1v) is 8.83. The average molecular weight is 356 g/mol. The van der Waals surface area contributed by atoms with Crippen LogP contribution in [-0.4, -0.2) is 30.3 Å². The van der Waals surface area contributed by atoms with E-state index >= 15 is 0 Å². The first-order chi connectivity index (χ1) is 12.2. The molecule has 2 aliphatic heterocycles. The lowest BCUT2D eigenvalue weighted by atomic mass is 10.2. The maximum Gasteiger partial charge on any atom is 0.238 e. The van der Waals surface area contributed by atoms with E-state index in [0.29, 0.717) is 30.4 Å². The van der Waals surface area contributed by atoms with Gasteiger partial charge in [-0.15, -0.1) is 11.8 Å². The van der Waals surface area contributed by atoms with Gasteiger partial charge < -0.3 is 20.1 Å². The Labute approximate surface area is 148 Å². The Kier molecular flexibility index (Phi) is 4.23. The van der Waals surface area contributed by atoms with Crippen LogP contribution in [0.4, 0.5) is 11.4 Å². The third kappa shape index (κ3) is 3.41. The Morgan fingerprint density at radius 1 is 1.16 bits per heavy atom. The van der Waals surface area contributed by atoms with Crippen LogP contribution in [0.2, 0.25) is 0 Å². The number of hydrogen-bond donors (Lipinski definition) is 2. The molecule has 0 saturated heterocycles. The molecule has 0 fully saturated rings. The minimum atomic E-state index is -0.452. The monoisotopic (exact) mass is 356 g/mol. The molecule has 1 atom stereocenters. The summed E-state index contributed by atoms with van der Waals surface area (Å²) in [6, 6.07) is 12.8. The van der Waals surface area contributed by atoms with E-state index in [4.69, 9.17) is 9.47 Å². The maximum absolute atomic E-state index is 12.3. The summed E-state index contributed by atoms with van der Waals surface area (Å²) in [6.45, 7) is 1.01. The number of amides is 2. The van der Waals surface area contributed by atoms with E-state index in [1.54, 1.807) is 18.2 Å². The lowest BCUT2D eigenvalue weighted by Gasteiger charge is -2.23. The van der Waals surface area contributed by atoms with Crippen LogP contribution in [-0.2, 0) is 9.59 Å². The van der Waals surface area contributed by atoms with Crippen LogP contribution < -0.4 is 20.1 Å². The van der Waals surface area contributed by atoms with E-state index in [1.165, 1.54) is 11.8 Å². The van der Waals surface area contributed by atoms with Gasteiger partial charge in [0.05, 0.1) is 10.9 Å². The summed E-state index contributed by atoms with van der Waals surface area (Å²) in [5.41, 5.74) is 1.41. The van der Waals surface area contributed by atoms with Crippen LogP contribution in [0.5, 0.6) is 11.5 Å². The molecule has 0 bridgehead atoms. The van der Waals surface area contributed by atoms with Crippen molar-refractivity contribution in [2.24, 2.45) is 0 Å². The normalized spacial score (nSPS) is 18.1. The first-order valence-electron chi connectivity index (χ1n) is 7.95. The SMILES string of the molecule is O=C(CC1Sc2ccccc2NC1=O)Nc1ccc2c(c1)OCCO2. The van der Waals surface area contributed by atoms with Gasteiger partial charge in [0.1, 0.15) is 13.2 Å². The second-order valence-corrected chi connectivity index (χ2v) is 6.95. The quantitative estimate of drug-likeness (QED) is 0.884. The molecular formula is C18H16N2O4S. The number of fused-ring (bicyclic) bond motifs is 2. The molecule has 2 N–H and O–H groups in total. The molecule has 0 spiro atoms. The summed E-state index contributed by atoms with van der Waals surface area (Å²) >= 11 is 1.41. The predicted octanol–water partition coefficient (Wildman–Crippen LogP) is 2.90. The highest BCUT2D eigenvalue weighted by Gasteiger charge is 2.28. The van der Waals surface area contributed by atoms with Crippen LogP contribution in [0.15, 0.2) is 47.4 Å². The summed E-state index contributed by atoms with van der Waals surface area (Å²) in [5.74, 6) is 0.913. The number of thioether (sulfide) groups is 1. The standard InChI is InChI=1S/C18H16N2O4S/c21-17(19-11-5-6-13-14(9-11)24-8-7-23-13)10-16-18(22)20-12-3-1-2-4-15(12)25-16/h1-6,9,16H,7-8,10H2,(H,19,21)(H,20,22). The molecule has 2 aromatic rings. The zero-order valence-corrected chi connectivity index (χ0v) is 14.1. The Bertz CT molecular complexity index is 840. The molecule has 0 aliphatic carbocycles. The molecule has 6 nitrogen and oxygen atoms in total. The van der Waals surface area contributed by atoms with Crippen molar-refractivity contribution in [2.45, 2.75) is 16.6 Å². The van der Waals surface area contributed by atoms with Gasteiger partial charge in [0.15, 0.2) is 11.5 Å². The zero-order chi connectivity index (χ0) is 17.2. The van der Waals surface area contributed by atoms with Crippen molar-refractivity contribution >= 4 is 35.0 Å². The van der Waals surface area contributed by atoms with E-state index in [1.807, 2.05) is 24.3 Å². The molecule has 0 aromatic heterocycles. The van der Waals surface area contributed by atoms with E-state index in [0.717, 1.165) is 10.6 Å². The van der Waals surface area contributed by atoms with Gasteiger partial charge in [-0.05, 0) is 24.3 Å². The Hall–Kier alpha value is -2.67. The molecule has 1 unspecified atom stereocenters. The smallest absolute Gasteiger partial charge is 0.238 e. The highest BCUT2D eigenvalue weighted by Crippen LogP contribution is 2.37. The van der Waals surface area contributed by atoms with E-state index < -0.39 is 5.25 Å². The molecule has 2 heterocycles. The summed E-state index contributed by atoms with van der Waals surface area (Å²) in [6.07, 6.45) is 0.0965. The lowest BCUT2D eigenvalue weighted by molar-refractivity contribution is -0.120. The fraction of sp³-hybridized carbons (Fsp3) is 0.222. The molecule has 4 rings (SSSR count). The second kappa shape index (κ2) is 6.68. The summed E-state index contributed by atoms with van der Waals surface area (Å²) in [7, 11) is 0. The maximum atomic E-state index is 12.3. The van der Waals surface area contributed by atoms with Crippen LogP contribution in [0, 0.1) is 0 Å². The fourth-order valence-corrected chi connectivity index (χ4v) is 3.84. The molecule has 7 heteroatoms. The van der Waals surface area contributed by atoms with Crippen molar-refractivity contribution in [3.8, 4) is 11.5 Å². The van der Waals surface area contributed by atoms with Gasteiger partial charge in [-0.25, -0.2) is 0 Å². The number of hydrogen-bond acceptors (Lipinski definition) is 5. The zero-order valence-electron chi connectivity index (χ0n) is 13.3. The highest BCUT2D eigenvalue weighted by molar-refractivity contribution is 8.01. The van der Waals surface area contributed by atoms with Gasteiger partial charge in [0, 0.05) is 23.1 Å². The summed E-state index contributed by atoms with van der Waals surface area (Å²) < 4.78 is 11.0. The number of carbonyl (C=O) groups is 2. The van der Waals surface area contributed by atoms with Gasteiger partial charge in [0.2, 0.25) is 11.8 Å². The van der Waals surface area contributed by atoms with Gasteiger partial charge in [-0.3, -0.25) is 9.59 Å². The van der Waals surface area contributed by atoms with E-state index in [2.05, 4.69) is 10.6 Å². The Morgan fingerprint density at radius 3 is 2.84 bits per heavy atom. The van der Waals surface area contributed by atoms with Crippen LogP contribution in [0.3, 0.4) is 0 Å². The average Bonchev–Trinajstić information content (AvgIpc) is 2.62. The third-order valence-corrected chi connectivity index (χ3v) is 5.18. The molecule has 2 amide bonds. The van der Waals surface area contributed by atoms with Crippen molar-refractivity contribution in [3.05, 3.63) is 42.5 Å². The molecule has 25 heavy (non-hydrogen) atoms. The molecule has 2 aliphatic rings. The topological polar surface area (TPSA) is 76.7 Å². The molecule has 0 saturated carbocycles. The number of para-hydroxylation sites is 1. The van der Waals surface area contributed by atoms with Crippen molar-refractivity contribution in [3.63, 3.8) is 0 Å². The second-order valence-electron chi connectivity index (χ2n) is 5.70. The highest BCUT2D eigenvalue weighted by atomic mass is 32.2. The van der Waals surface area contributed by atoms with Crippen molar-refractivity contribution in [1.29, 1.82) is 0 Å². The largest absolute Gasteiger partial charge is 0.486 e. The van der Waals surface area contributed by atoms with Gasteiger partial charge in [0.25, 0.3) is 0 Å². The van der Waals surface area contributed by atoms with Crippen molar-refractivity contribution in [1.82, 2.24) is 0 Å². The van der Waals surface area contributed by atoms with E-state index in [-0.39, 0.29) is 18.2 Å².